The maximum atomic E-state index is 2.68. The first-order valence-electron chi connectivity index (χ1n) is 34.2. The van der Waals surface area contributed by atoms with E-state index in [1.54, 1.807) is 0 Å². The third kappa shape index (κ3) is 9.31. The van der Waals surface area contributed by atoms with E-state index in [4.69, 9.17) is 0 Å². The first kappa shape index (κ1) is 58.8. The smallest absolute Gasteiger partial charge is 0.252 e. The number of rotatable bonds is 13. The van der Waals surface area contributed by atoms with Crippen molar-refractivity contribution in [2.24, 2.45) is 0 Å². The van der Waals surface area contributed by atoms with Crippen LogP contribution in [0.1, 0.15) is 11.1 Å². The van der Waals surface area contributed by atoms with Gasteiger partial charge in [0.1, 0.15) is 0 Å². The van der Waals surface area contributed by atoms with E-state index < -0.39 is 16.1 Å². The van der Waals surface area contributed by atoms with Crippen molar-refractivity contribution in [2.75, 3.05) is 9.80 Å². The molecule has 462 valence electrons. The fourth-order valence-corrected chi connectivity index (χ4v) is 26.7. The van der Waals surface area contributed by atoms with E-state index in [9.17, 15) is 0 Å². The molecule has 0 N–H and O–H groups in total. The average Bonchev–Trinajstić information content (AvgIpc) is 0.764. The number of aromatic nitrogens is 1. The summed E-state index contributed by atoms with van der Waals surface area (Å²) >= 11 is 0. The summed E-state index contributed by atoms with van der Waals surface area (Å²) in [5.41, 5.74) is 21.2. The van der Waals surface area contributed by atoms with Gasteiger partial charge in [-0.05, 0) is 143 Å². The molecule has 0 radical (unpaired) electrons. The van der Waals surface area contributed by atoms with Gasteiger partial charge in [0, 0.05) is 50.5 Å². The topological polar surface area (TPSA) is 11.4 Å². The number of aryl methyl sites for hydroxylation is 2. The molecule has 0 amide bonds. The van der Waals surface area contributed by atoms with Gasteiger partial charge >= 0.3 is 0 Å². The quantitative estimate of drug-likeness (QED) is 0.0842. The van der Waals surface area contributed by atoms with Crippen molar-refractivity contribution in [1.82, 2.24) is 4.57 Å². The highest BCUT2D eigenvalue weighted by Gasteiger charge is 2.48. The largest absolute Gasteiger partial charge is 0.311 e. The van der Waals surface area contributed by atoms with Crippen LogP contribution in [0.5, 0.6) is 0 Å². The predicted molar refractivity (Wildman–Crippen MR) is 422 cm³/mol. The molecule has 3 nitrogen and oxygen atoms in total. The Morgan fingerprint density at radius 3 is 1.10 bits per heavy atom. The molecule has 3 heterocycles. The molecule has 0 atom stereocenters. The molecule has 0 unspecified atom stereocenters. The number of hydrogen-bond acceptors (Lipinski definition) is 2. The Bertz CT molecular complexity index is 5550. The van der Waals surface area contributed by atoms with Crippen LogP contribution in [0.4, 0.5) is 34.1 Å². The molecule has 2 aliphatic rings. The maximum absolute atomic E-state index is 3.10. The fourth-order valence-electron chi connectivity index (χ4n) is 16.9. The van der Waals surface area contributed by atoms with Crippen molar-refractivity contribution < 1.29 is 0 Å². The molecule has 0 aliphatic carbocycles. The van der Waals surface area contributed by atoms with Crippen LogP contribution in [0.15, 0.2) is 376 Å². The van der Waals surface area contributed by atoms with Crippen LogP contribution in [0.2, 0.25) is 0 Å². The van der Waals surface area contributed by atoms with Crippen LogP contribution >= 0.6 is 0 Å². The van der Waals surface area contributed by atoms with Crippen LogP contribution in [0.25, 0.3) is 49.7 Å². The Morgan fingerprint density at radius 2 is 0.622 bits per heavy atom. The van der Waals surface area contributed by atoms with Crippen LogP contribution < -0.4 is 67.7 Å². The highest BCUT2D eigenvalue weighted by molar-refractivity contribution is 7.20. The molecular formula is C92H68BN3Si2. The standard InChI is InChI=1S/C92H68BN3Si2/c1-65-31-25-47-76(59-65)97(72-39-13-5-14-40-72,73-41-15-6-16-42-73)78-49-27-37-69(61-78)94-87-58-30-53-80(67-33-9-3-10-34-67)90(87)93-84-55-29-54-81(68-35-11-4-12-36-68)92(84)96(89-64-71(63-88(94)91(89)93)95-85-56-23-21-51-82(85)83-52-22-24-57-86(83)95)70-38-28-50-79(62-70)98(74-43-17-7-18-44-74,75-45-19-8-20-46-75)77-48-26-32-66(2)60-77/h3-64H,1-2H3. The summed E-state index contributed by atoms with van der Waals surface area (Å²) < 4.78 is 2.54. The van der Waals surface area contributed by atoms with E-state index >= 15 is 0 Å². The van der Waals surface area contributed by atoms with Gasteiger partial charge in [0.15, 0.2) is 16.1 Å². The molecule has 1 aromatic heterocycles. The average molecular weight is 1280 g/mol. The van der Waals surface area contributed by atoms with Gasteiger partial charge in [-0.15, -0.1) is 0 Å². The first-order chi connectivity index (χ1) is 48.5. The lowest BCUT2D eigenvalue weighted by atomic mass is 9.32. The highest BCUT2D eigenvalue weighted by atomic mass is 28.3. The Morgan fingerprint density at radius 1 is 0.255 bits per heavy atom. The number of nitrogens with zero attached hydrogens (tertiary/aromatic N) is 3. The molecule has 6 heteroatoms. The molecule has 0 bridgehead atoms. The molecule has 0 saturated heterocycles. The number of hydrogen-bond donors (Lipinski definition) is 0. The molecular weight excluding hydrogens is 1210 g/mol. The number of anilines is 6. The number of benzene rings is 15. The maximum Gasteiger partial charge on any atom is 0.252 e. The van der Waals surface area contributed by atoms with E-state index in [2.05, 4.69) is 404 Å². The molecule has 2 aliphatic heterocycles. The Labute approximate surface area is 576 Å². The van der Waals surface area contributed by atoms with Gasteiger partial charge in [0.2, 0.25) is 0 Å². The van der Waals surface area contributed by atoms with Crippen LogP contribution in [0.3, 0.4) is 0 Å². The van der Waals surface area contributed by atoms with Gasteiger partial charge in [-0.1, -0.05) is 333 Å². The fraction of sp³-hybridized carbons (Fsp3) is 0.0217. The second-order valence-electron chi connectivity index (χ2n) is 26.4. The molecule has 18 rings (SSSR count). The van der Waals surface area contributed by atoms with Crippen molar-refractivity contribution in [1.29, 1.82) is 0 Å². The Hall–Kier alpha value is -11.8. The summed E-state index contributed by atoms with van der Waals surface area (Å²) in [5.74, 6) is 0. The Kier molecular flexibility index (Phi) is 14.5. The van der Waals surface area contributed by atoms with Crippen LogP contribution in [0, 0.1) is 13.8 Å². The first-order valence-corrected chi connectivity index (χ1v) is 38.2. The summed E-state index contributed by atoms with van der Waals surface area (Å²) in [6, 6.07) is 143. The van der Waals surface area contributed by atoms with E-state index in [1.807, 2.05) is 0 Å². The van der Waals surface area contributed by atoms with Gasteiger partial charge in [0.25, 0.3) is 6.71 Å². The van der Waals surface area contributed by atoms with Gasteiger partial charge in [0.05, 0.1) is 16.7 Å². The zero-order chi connectivity index (χ0) is 65.3. The summed E-state index contributed by atoms with van der Waals surface area (Å²) in [6.45, 7) is 4.26. The Balaban J connectivity index is 0.996. The lowest BCUT2D eigenvalue weighted by Crippen LogP contribution is -2.74. The number of fused-ring (bicyclic) bond motifs is 7. The molecule has 15 aromatic carbocycles. The third-order valence-electron chi connectivity index (χ3n) is 20.9. The summed E-state index contributed by atoms with van der Waals surface area (Å²) in [5, 5.41) is 13.1. The lowest BCUT2D eigenvalue weighted by molar-refractivity contribution is 1.16. The van der Waals surface area contributed by atoms with E-state index in [1.165, 1.54) is 102 Å². The zero-order valence-corrected chi connectivity index (χ0v) is 56.7. The van der Waals surface area contributed by atoms with Crippen molar-refractivity contribution in [2.45, 2.75) is 13.8 Å². The van der Waals surface area contributed by atoms with E-state index in [-0.39, 0.29) is 6.71 Å². The molecule has 0 saturated carbocycles. The van der Waals surface area contributed by atoms with Crippen molar-refractivity contribution >= 4 is 137 Å². The molecule has 0 spiro atoms. The van der Waals surface area contributed by atoms with Gasteiger partial charge in [-0.25, -0.2) is 0 Å². The molecule has 16 aromatic rings. The van der Waals surface area contributed by atoms with Crippen molar-refractivity contribution in [3.63, 3.8) is 0 Å². The normalized spacial score (nSPS) is 12.5. The van der Waals surface area contributed by atoms with Crippen LogP contribution in [-0.4, -0.2) is 27.4 Å². The minimum atomic E-state index is -3.10. The van der Waals surface area contributed by atoms with Gasteiger partial charge < -0.3 is 14.4 Å². The summed E-state index contributed by atoms with van der Waals surface area (Å²) in [6.07, 6.45) is 0. The highest BCUT2D eigenvalue weighted by Crippen LogP contribution is 2.49. The SMILES string of the molecule is Cc1cccc([Si](c2ccccc2)(c2ccccc2)c2cccc(N3c4cccc(-c5ccccc5)c4B4c5cccc(-c6ccccc6)c5N(c5cccc([Si](c6ccccc6)(c6ccccc6)c6cccc(C)c6)c5)c5cc(-n6c7ccccc7c7ccccc76)cc3c54)c2)c1. The predicted octanol–water partition coefficient (Wildman–Crippen LogP) is 15.6. The second kappa shape index (κ2) is 24.1. The molecule has 0 fully saturated rings. The lowest BCUT2D eigenvalue weighted by Gasteiger charge is -2.46. The molecule has 98 heavy (non-hydrogen) atoms. The zero-order valence-electron chi connectivity index (χ0n) is 54.7. The van der Waals surface area contributed by atoms with Crippen molar-refractivity contribution in [3.8, 4) is 27.9 Å². The summed E-state index contributed by atoms with van der Waals surface area (Å²) in [7, 11) is -6.19. The minimum absolute atomic E-state index is 0.222. The summed E-state index contributed by atoms with van der Waals surface area (Å²) in [4.78, 5) is 5.34. The van der Waals surface area contributed by atoms with E-state index in [0.29, 0.717) is 0 Å². The number of para-hydroxylation sites is 3. The minimum Gasteiger partial charge on any atom is -0.311 e. The van der Waals surface area contributed by atoms with Gasteiger partial charge in [-0.3, -0.25) is 0 Å². The van der Waals surface area contributed by atoms with Crippen molar-refractivity contribution in [3.05, 3.63) is 387 Å². The van der Waals surface area contributed by atoms with Crippen LogP contribution in [-0.2, 0) is 0 Å². The van der Waals surface area contributed by atoms with Gasteiger partial charge in [-0.2, -0.15) is 0 Å². The van der Waals surface area contributed by atoms with E-state index in [0.717, 1.165) is 50.7 Å². The second-order valence-corrected chi connectivity index (χ2v) is 34.0. The third-order valence-corrected chi connectivity index (χ3v) is 30.4. The monoisotopic (exact) mass is 1280 g/mol.